The maximum absolute atomic E-state index is 10.7. The van der Waals surface area contributed by atoms with E-state index in [-0.39, 0.29) is 5.69 Å². The molecule has 7 nitrogen and oxygen atoms in total. The largest absolute Gasteiger partial charge is 0.380 e. The fourth-order valence-corrected chi connectivity index (χ4v) is 4.22. The van der Waals surface area contributed by atoms with Gasteiger partial charge in [-0.1, -0.05) is 48.5 Å². The summed E-state index contributed by atoms with van der Waals surface area (Å²) in [5.74, 6) is 0. The van der Waals surface area contributed by atoms with E-state index in [1.54, 1.807) is 12.1 Å². The van der Waals surface area contributed by atoms with Gasteiger partial charge >= 0.3 is 0 Å². The molecule has 1 unspecified atom stereocenters. The van der Waals surface area contributed by atoms with E-state index < -0.39 is 4.92 Å². The Hall–Kier alpha value is -2.32. The van der Waals surface area contributed by atoms with Crippen molar-refractivity contribution in [1.29, 1.82) is 0 Å². The van der Waals surface area contributed by atoms with Crippen molar-refractivity contribution in [3.05, 3.63) is 58.6 Å². The highest BCUT2D eigenvalue weighted by molar-refractivity contribution is 9.09. The van der Waals surface area contributed by atoms with Crippen LogP contribution >= 0.6 is 15.9 Å². The van der Waals surface area contributed by atoms with E-state index in [0.29, 0.717) is 17.1 Å². The van der Waals surface area contributed by atoms with E-state index in [1.165, 1.54) is 50.7 Å². The summed E-state index contributed by atoms with van der Waals surface area (Å²) in [7, 11) is 0. The number of nitrogens with zero attached hydrogens (tertiary/aromatic N) is 4. The molecule has 0 spiro atoms. The summed E-state index contributed by atoms with van der Waals surface area (Å²) >= 11 is 3.80. The zero-order valence-corrected chi connectivity index (χ0v) is 22.0. The molecule has 0 N–H and O–H groups in total. The SMILES string of the molecule is CCCCCCC(Br)CCCOCCN(CC)c1ccc(N=Nc2ccc([N+](=O)[O-])cc2)cc1. The molecule has 2 aromatic rings. The summed E-state index contributed by atoms with van der Waals surface area (Å²) in [6.45, 7) is 7.63. The first-order valence-corrected chi connectivity index (χ1v) is 13.2. The van der Waals surface area contributed by atoms with Crippen LogP contribution in [-0.2, 0) is 4.74 Å². The lowest BCUT2D eigenvalue weighted by Gasteiger charge is -2.23. The molecule has 0 saturated carbocycles. The molecule has 34 heavy (non-hydrogen) atoms. The summed E-state index contributed by atoms with van der Waals surface area (Å²) < 4.78 is 5.88. The van der Waals surface area contributed by atoms with Crippen LogP contribution in [0.1, 0.15) is 58.8 Å². The topological polar surface area (TPSA) is 80.3 Å². The minimum atomic E-state index is -0.431. The summed E-state index contributed by atoms with van der Waals surface area (Å²) in [6, 6.07) is 13.9. The van der Waals surface area contributed by atoms with E-state index in [0.717, 1.165) is 37.5 Å². The molecule has 0 aliphatic rings. The lowest BCUT2D eigenvalue weighted by molar-refractivity contribution is -0.384. The monoisotopic (exact) mass is 532 g/mol. The van der Waals surface area contributed by atoms with Gasteiger partial charge < -0.3 is 9.64 Å². The van der Waals surface area contributed by atoms with Crippen molar-refractivity contribution in [1.82, 2.24) is 0 Å². The first kappa shape index (κ1) is 27.9. The minimum absolute atomic E-state index is 0.0389. The second kappa shape index (κ2) is 16.3. The van der Waals surface area contributed by atoms with E-state index in [4.69, 9.17) is 4.74 Å². The predicted molar refractivity (Wildman–Crippen MR) is 143 cm³/mol. The van der Waals surface area contributed by atoms with Gasteiger partial charge in [-0.2, -0.15) is 10.2 Å². The van der Waals surface area contributed by atoms with Gasteiger partial charge in [0.15, 0.2) is 0 Å². The number of benzene rings is 2. The van der Waals surface area contributed by atoms with Gasteiger partial charge in [0.1, 0.15) is 0 Å². The molecule has 0 fully saturated rings. The number of hydrogen-bond donors (Lipinski definition) is 0. The Morgan fingerprint density at radius 1 is 0.912 bits per heavy atom. The Morgan fingerprint density at radius 3 is 2.12 bits per heavy atom. The standard InChI is InChI=1S/C26H37BrN4O3/c1-3-5-6-7-9-22(27)10-8-20-34-21-19-30(4-2)25-15-11-23(12-16-25)28-29-24-13-17-26(18-14-24)31(32)33/h11-18,22H,3-10,19-21H2,1-2H3. The van der Waals surface area contributed by atoms with Crippen LogP contribution in [-0.4, -0.2) is 36.1 Å². The van der Waals surface area contributed by atoms with Crippen LogP contribution in [0, 0.1) is 10.1 Å². The summed E-state index contributed by atoms with van der Waals surface area (Å²) in [6.07, 6.45) is 8.79. The number of nitro benzene ring substituents is 1. The van der Waals surface area contributed by atoms with Crippen LogP contribution in [0.15, 0.2) is 58.8 Å². The fourth-order valence-electron chi connectivity index (χ4n) is 3.58. The Labute approximate surface area is 211 Å². The molecule has 0 aliphatic heterocycles. The van der Waals surface area contributed by atoms with E-state index in [9.17, 15) is 10.1 Å². The number of nitro groups is 1. The van der Waals surface area contributed by atoms with E-state index in [1.807, 2.05) is 24.3 Å². The zero-order chi connectivity index (χ0) is 24.6. The number of unbranched alkanes of at least 4 members (excludes halogenated alkanes) is 3. The number of alkyl halides is 1. The van der Waals surface area contributed by atoms with Crippen molar-refractivity contribution < 1.29 is 9.66 Å². The molecule has 0 aliphatic carbocycles. The predicted octanol–water partition coefficient (Wildman–Crippen LogP) is 8.37. The number of halogens is 1. The van der Waals surface area contributed by atoms with Crippen molar-refractivity contribution in [2.75, 3.05) is 31.2 Å². The number of ether oxygens (including phenoxy) is 1. The van der Waals surface area contributed by atoms with Gasteiger partial charge in [0.25, 0.3) is 5.69 Å². The highest BCUT2D eigenvalue weighted by atomic mass is 79.9. The molecule has 0 radical (unpaired) electrons. The van der Waals surface area contributed by atoms with Crippen molar-refractivity contribution in [3.8, 4) is 0 Å². The molecular formula is C26H37BrN4O3. The molecular weight excluding hydrogens is 496 g/mol. The summed E-state index contributed by atoms with van der Waals surface area (Å²) in [5, 5.41) is 19.1. The highest BCUT2D eigenvalue weighted by Crippen LogP contribution is 2.24. The third-order valence-corrected chi connectivity index (χ3v) is 6.54. The van der Waals surface area contributed by atoms with Crippen molar-refractivity contribution in [2.45, 2.75) is 63.6 Å². The summed E-state index contributed by atoms with van der Waals surface area (Å²) in [4.78, 5) is 13.2. The Balaban J connectivity index is 1.69. The molecule has 186 valence electrons. The molecule has 2 rings (SSSR count). The van der Waals surface area contributed by atoms with Gasteiger partial charge in [-0.25, -0.2) is 0 Å². The zero-order valence-electron chi connectivity index (χ0n) is 20.4. The molecule has 0 aromatic heterocycles. The third kappa shape index (κ3) is 10.7. The van der Waals surface area contributed by atoms with Gasteiger partial charge in [0.2, 0.25) is 0 Å². The van der Waals surface area contributed by atoms with Crippen LogP contribution in [0.3, 0.4) is 0 Å². The quantitative estimate of drug-likeness (QED) is 0.0673. The molecule has 0 saturated heterocycles. The molecule has 0 amide bonds. The molecule has 2 aromatic carbocycles. The van der Waals surface area contributed by atoms with Gasteiger partial charge in [-0.05, 0) is 62.6 Å². The number of rotatable bonds is 17. The second-order valence-corrected chi connectivity index (χ2v) is 9.57. The molecule has 0 heterocycles. The van der Waals surface area contributed by atoms with Gasteiger partial charge in [0.05, 0.1) is 22.9 Å². The van der Waals surface area contributed by atoms with Crippen molar-refractivity contribution >= 4 is 38.7 Å². The van der Waals surface area contributed by atoms with E-state index >= 15 is 0 Å². The number of azo groups is 1. The van der Waals surface area contributed by atoms with Crippen LogP contribution in [0.5, 0.6) is 0 Å². The maximum atomic E-state index is 10.7. The Kier molecular flexibility index (Phi) is 13.4. The maximum Gasteiger partial charge on any atom is 0.269 e. The Morgan fingerprint density at radius 2 is 1.53 bits per heavy atom. The molecule has 1 atom stereocenters. The van der Waals surface area contributed by atoms with E-state index in [2.05, 4.69) is 44.9 Å². The minimum Gasteiger partial charge on any atom is -0.380 e. The third-order valence-electron chi connectivity index (χ3n) is 5.62. The average molecular weight is 534 g/mol. The molecule has 8 heteroatoms. The van der Waals surface area contributed by atoms with Crippen LogP contribution in [0.2, 0.25) is 0 Å². The smallest absolute Gasteiger partial charge is 0.269 e. The van der Waals surface area contributed by atoms with Gasteiger partial charge in [0, 0.05) is 42.3 Å². The van der Waals surface area contributed by atoms with Crippen molar-refractivity contribution in [3.63, 3.8) is 0 Å². The number of non-ortho nitro benzene ring substituents is 1. The first-order valence-electron chi connectivity index (χ1n) is 12.3. The Bertz CT molecular complexity index is 859. The first-order chi connectivity index (χ1) is 16.5. The normalized spacial score (nSPS) is 12.2. The number of likely N-dealkylation sites (N-methyl/N-ethyl adjacent to an activating group) is 1. The van der Waals surface area contributed by atoms with Gasteiger partial charge in [-0.15, -0.1) is 0 Å². The second-order valence-electron chi connectivity index (χ2n) is 8.27. The molecule has 0 bridgehead atoms. The highest BCUT2D eigenvalue weighted by Gasteiger charge is 2.07. The lowest BCUT2D eigenvalue weighted by atomic mass is 10.1. The average Bonchev–Trinajstić information content (AvgIpc) is 2.85. The van der Waals surface area contributed by atoms with Crippen molar-refractivity contribution in [2.24, 2.45) is 10.2 Å². The number of anilines is 1. The van der Waals surface area contributed by atoms with Crippen LogP contribution < -0.4 is 4.90 Å². The summed E-state index contributed by atoms with van der Waals surface area (Å²) in [5.41, 5.74) is 2.46. The lowest BCUT2D eigenvalue weighted by Crippen LogP contribution is -2.27. The van der Waals surface area contributed by atoms with Crippen LogP contribution in [0.25, 0.3) is 0 Å². The van der Waals surface area contributed by atoms with Gasteiger partial charge in [-0.3, -0.25) is 10.1 Å². The van der Waals surface area contributed by atoms with Crippen LogP contribution in [0.4, 0.5) is 22.7 Å². The fraction of sp³-hybridized carbons (Fsp3) is 0.538. The number of hydrogen-bond acceptors (Lipinski definition) is 6.